The maximum absolute atomic E-state index is 12.5. The van der Waals surface area contributed by atoms with Crippen molar-refractivity contribution in [2.24, 2.45) is 7.05 Å². The topological polar surface area (TPSA) is 84.3 Å². The third-order valence-corrected chi connectivity index (χ3v) is 4.90. The Balaban J connectivity index is 1.51. The molecular weight excluding hydrogens is 356 g/mol. The quantitative estimate of drug-likeness (QED) is 0.757. The summed E-state index contributed by atoms with van der Waals surface area (Å²) < 4.78 is 1.26. The smallest absolute Gasteiger partial charge is 0.274 e. The third-order valence-electron chi connectivity index (χ3n) is 4.90. The molecular formula is C21H20N4O3. The van der Waals surface area contributed by atoms with Gasteiger partial charge in [0.15, 0.2) is 0 Å². The summed E-state index contributed by atoms with van der Waals surface area (Å²) in [6.45, 7) is 0.732. The van der Waals surface area contributed by atoms with Gasteiger partial charge in [0, 0.05) is 36.8 Å². The number of nitrogens with zero attached hydrogens (tertiary/aromatic N) is 3. The first-order valence-corrected chi connectivity index (χ1v) is 9.18. The summed E-state index contributed by atoms with van der Waals surface area (Å²) in [5, 5.41) is 8.33. The lowest BCUT2D eigenvalue weighted by molar-refractivity contribution is -0.117. The van der Waals surface area contributed by atoms with E-state index in [9.17, 15) is 14.4 Å². The zero-order valence-corrected chi connectivity index (χ0v) is 15.5. The zero-order valence-electron chi connectivity index (χ0n) is 15.5. The van der Waals surface area contributed by atoms with Crippen LogP contribution in [0.1, 0.15) is 18.5 Å². The Hall–Kier alpha value is -3.48. The van der Waals surface area contributed by atoms with E-state index in [2.05, 4.69) is 10.4 Å². The Morgan fingerprint density at radius 1 is 1.07 bits per heavy atom. The molecule has 4 rings (SSSR count). The van der Waals surface area contributed by atoms with Gasteiger partial charge in [0.05, 0.1) is 17.5 Å². The molecule has 0 saturated carbocycles. The van der Waals surface area contributed by atoms with Crippen molar-refractivity contribution in [3.63, 3.8) is 0 Å². The highest BCUT2D eigenvalue weighted by atomic mass is 16.2. The summed E-state index contributed by atoms with van der Waals surface area (Å²) in [5.74, 6) is -0.0919. The Morgan fingerprint density at radius 3 is 2.46 bits per heavy atom. The highest BCUT2D eigenvalue weighted by molar-refractivity contribution is 5.97. The largest absolute Gasteiger partial charge is 0.326 e. The number of amides is 2. The minimum absolute atomic E-state index is 0.0565. The second kappa shape index (κ2) is 7.26. The number of benzene rings is 2. The molecule has 1 aliphatic heterocycles. The molecule has 2 heterocycles. The third kappa shape index (κ3) is 3.38. The SMILES string of the molecule is Cn1nc(CC(=O)Nc2ccc(N3CCCC3=O)cc2)c2ccccc2c1=O. The number of carbonyl (C=O) groups excluding carboxylic acids is 2. The van der Waals surface area contributed by atoms with E-state index < -0.39 is 0 Å². The average molecular weight is 376 g/mol. The summed E-state index contributed by atoms with van der Waals surface area (Å²) in [4.78, 5) is 38.3. The number of fused-ring (bicyclic) bond motifs is 1. The molecule has 3 aromatic rings. The van der Waals surface area contributed by atoms with Crippen molar-refractivity contribution < 1.29 is 9.59 Å². The van der Waals surface area contributed by atoms with Crippen molar-refractivity contribution in [1.29, 1.82) is 0 Å². The molecule has 0 unspecified atom stereocenters. The fourth-order valence-corrected chi connectivity index (χ4v) is 3.51. The van der Waals surface area contributed by atoms with Gasteiger partial charge < -0.3 is 10.2 Å². The number of anilines is 2. The van der Waals surface area contributed by atoms with Gasteiger partial charge in [-0.05, 0) is 36.8 Å². The molecule has 1 aromatic heterocycles. The molecule has 0 spiro atoms. The van der Waals surface area contributed by atoms with Crippen LogP contribution in [0.25, 0.3) is 10.8 Å². The zero-order chi connectivity index (χ0) is 19.7. The second-order valence-corrected chi connectivity index (χ2v) is 6.84. The molecule has 142 valence electrons. The maximum Gasteiger partial charge on any atom is 0.274 e. The van der Waals surface area contributed by atoms with E-state index in [1.165, 1.54) is 4.68 Å². The number of rotatable bonds is 4. The van der Waals surface area contributed by atoms with Crippen molar-refractivity contribution in [2.75, 3.05) is 16.8 Å². The molecule has 1 saturated heterocycles. The van der Waals surface area contributed by atoms with Crippen LogP contribution in [0.15, 0.2) is 53.3 Å². The summed E-state index contributed by atoms with van der Waals surface area (Å²) in [5.41, 5.74) is 1.85. The molecule has 0 aliphatic carbocycles. The Labute approximate surface area is 161 Å². The van der Waals surface area contributed by atoms with Crippen LogP contribution in [0.5, 0.6) is 0 Å². The van der Waals surface area contributed by atoms with Crippen molar-refractivity contribution in [3.8, 4) is 0 Å². The van der Waals surface area contributed by atoms with Gasteiger partial charge in [-0.3, -0.25) is 14.4 Å². The van der Waals surface area contributed by atoms with Crippen LogP contribution in [-0.4, -0.2) is 28.1 Å². The Morgan fingerprint density at radius 2 is 1.79 bits per heavy atom. The fourth-order valence-electron chi connectivity index (χ4n) is 3.51. The standard InChI is InChI=1S/C21H20N4O3/c1-24-21(28)17-6-3-2-5-16(17)18(23-24)13-19(26)22-14-8-10-15(11-9-14)25-12-4-7-20(25)27/h2-3,5-6,8-11H,4,7,12-13H2,1H3,(H,22,26). The van der Waals surface area contributed by atoms with Crippen LogP contribution in [0.3, 0.4) is 0 Å². The van der Waals surface area contributed by atoms with Crippen LogP contribution in [-0.2, 0) is 23.1 Å². The first kappa shape index (κ1) is 17.9. The van der Waals surface area contributed by atoms with Gasteiger partial charge in [0.2, 0.25) is 11.8 Å². The van der Waals surface area contributed by atoms with Crippen molar-refractivity contribution in [1.82, 2.24) is 9.78 Å². The summed E-state index contributed by atoms with van der Waals surface area (Å²) >= 11 is 0. The van der Waals surface area contributed by atoms with Crippen molar-refractivity contribution >= 4 is 34.0 Å². The Bertz CT molecular complexity index is 1120. The number of aryl methyl sites for hydroxylation is 1. The molecule has 28 heavy (non-hydrogen) atoms. The molecule has 2 aromatic carbocycles. The van der Waals surface area contributed by atoms with Gasteiger partial charge in [-0.15, -0.1) is 0 Å². The Kier molecular flexibility index (Phi) is 4.65. The molecule has 1 fully saturated rings. The number of hydrogen-bond donors (Lipinski definition) is 1. The molecule has 7 nitrogen and oxygen atoms in total. The van der Waals surface area contributed by atoms with Gasteiger partial charge in [-0.2, -0.15) is 5.10 Å². The first-order chi connectivity index (χ1) is 13.5. The van der Waals surface area contributed by atoms with Gasteiger partial charge in [0.25, 0.3) is 5.56 Å². The average Bonchev–Trinajstić information content (AvgIpc) is 3.12. The van der Waals surface area contributed by atoms with E-state index in [1.54, 1.807) is 42.3 Å². The van der Waals surface area contributed by atoms with Crippen LogP contribution in [0.2, 0.25) is 0 Å². The number of aromatic nitrogens is 2. The molecule has 0 bridgehead atoms. The summed E-state index contributed by atoms with van der Waals surface area (Å²) in [6, 6.07) is 14.4. The van der Waals surface area contributed by atoms with Crippen LogP contribution >= 0.6 is 0 Å². The van der Waals surface area contributed by atoms with Crippen LogP contribution in [0, 0.1) is 0 Å². The number of carbonyl (C=O) groups is 2. The highest BCUT2D eigenvalue weighted by Crippen LogP contribution is 2.23. The minimum atomic E-state index is -0.221. The summed E-state index contributed by atoms with van der Waals surface area (Å²) in [6.07, 6.45) is 1.51. The van der Waals surface area contributed by atoms with Gasteiger partial charge in [0.1, 0.15) is 0 Å². The second-order valence-electron chi connectivity index (χ2n) is 6.84. The first-order valence-electron chi connectivity index (χ1n) is 9.18. The molecule has 0 atom stereocenters. The van der Waals surface area contributed by atoms with E-state index in [-0.39, 0.29) is 23.8 Å². The lowest BCUT2D eigenvalue weighted by Gasteiger charge is -2.16. The fraction of sp³-hybridized carbons (Fsp3) is 0.238. The van der Waals surface area contributed by atoms with Crippen LogP contribution < -0.4 is 15.8 Å². The van der Waals surface area contributed by atoms with Gasteiger partial charge in [-0.25, -0.2) is 4.68 Å². The molecule has 7 heteroatoms. The number of nitrogens with one attached hydrogen (secondary N) is 1. The summed E-state index contributed by atoms with van der Waals surface area (Å²) in [7, 11) is 1.58. The normalized spacial score (nSPS) is 13.9. The predicted octanol–water partition coefficient (Wildman–Crippen LogP) is 2.24. The van der Waals surface area contributed by atoms with E-state index in [0.717, 1.165) is 18.7 Å². The minimum Gasteiger partial charge on any atom is -0.326 e. The monoisotopic (exact) mass is 376 g/mol. The predicted molar refractivity (Wildman–Crippen MR) is 107 cm³/mol. The van der Waals surface area contributed by atoms with Crippen molar-refractivity contribution in [2.45, 2.75) is 19.3 Å². The lowest BCUT2D eigenvalue weighted by atomic mass is 10.1. The van der Waals surface area contributed by atoms with Gasteiger partial charge in [-0.1, -0.05) is 18.2 Å². The van der Waals surface area contributed by atoms with Crippen molar-refractivity contribution in [3.05, 3.63) is 64.6 Å². The lowest BCUT2D eigenvalue weighted by Crippen LogP contribution is -2.24. The molecule has 1 aliphatic rings. The van der Waals surface area contributed by atoms with Gasteiger partial charge >= 0.3 is 0 Å². The number of hydrogen-bond acceptors (Lipinski definition) is 4. The molecule has 0 radical (unpaired) electrons. The highest BCUT2D eigenvalue weighted by Gasteiger charge is 2.21. The van der Waals surface area contributed by atoms with E-state index >= 15 is 0 Å². The maximum atomic E-state index is 12.5. The van der Waals surface area contributed by atoms with E-state index in [1.807, 2.05) is 18.2 Å². The molecule has 2 amide bonds. The molecule has 1 N–H and O–H groups in total. The van der Waals surface area contributed by atoms with Crippen LogP contribution in [0.4, 0.5) is 11.4 Å². The van der Waals surface area contributed by atoms with E-state index in [0.29, 0.717) is 28.6 Å². The van der Waals surface area contributed by atoms with E-state index in [4.69, 9.17) is 0 Å².